The topological polar surface area (TPSA) is 57.3 Å². The van der Waals surface area contributed by atoms with Crippen LogP contribution in [-0.4, -0.2) is 48.0 Å². The highest BCUT2D eigenvalue weighted by Gasteiger charge is 2.32. The smallest absolute Gasteiger partial charge is 0.255 e. The van der Waals surface area contributed by atoms with Crippen molar-refractivity contribution in [1.29, 1.82) is 0 Å². The molecule has 0 saturated carbocycles. The second-order valence-corrected chi connectivity index (χ2v) is 5.68. The maximum Gasteiger partial charge on any atom is 0.255 e. The molecule has 2 atom stereocenters. The molecule has 1 aromatic heterocycles. The number of carbonyl (C=O) groups excluding carboxylic acids is 1. The van der Waals surface area contributed by atoms with E-state index >= 15 is 0 Å². The van der Waals surface area contributed by atoms with Crippen LogP contribution in [0.1, 0.15) is 36.0 Å². The standard InChI is InChI=1S/C15H22N4O/c1-16-14-13(5-2-7-17-14)15(20)18-11-6-9-19-8-3-4-12(19)10-11/h2,5,7,11-12H,3-4,6,8-10H2,1H3,(H,16,17)(H,18,20). The molecule has 0 bridgehead atoms. The van der Waals surface area contributed by atoms with Gasteiger partial charge in [-0.2, -0.15) is 0 Å². The molecule has 1 amide bonds. The van der Waals surface area contributed by atoms with E-state index < -0.39 is 0 Å². The van der Waals surface area contributed by atoms with Crippen LogP contribution in [0.4, 0.5) is 5.82 Å². The summed E-state index contributed by atoms with van der Waals surface area (Å²) in [7, 11) is 1.79. The van der Waals surface area contributed by atoms with Crippen molar-refractivity contribution >= 4 is 11.7 Å². The first-order chi connectivity index (χ1) is 9.78. The number of hydrogen-bond acceptors (Lipinski definition) is 4. The number of nitrogens with zero attached hydrogens (tertiary/aromatic N) is 2. The lowest BCUT2D eigenvalue weighted by atomic mass is 9.97. The summed E-state index contributed by atoms with van der Waals surface area (Å²) in [5, 5.41) is 6.15. The molecule has 5 nitrogen and oxygen atoms in total. The Morgan fingerprint density at radius 3 is 3.15 bits per heavy atom. The lowest BCUT2D eigenvalue weighted by molar-refractivity contribution is 0.0896. The third kappa shape index (κ3) is 2.63. The molecule has 2 aliphatic rings. The maximum absolute atomic E-state index is 12.4. The Morgan fingerprint density at radius 2 is 2.30 bits per heavy atom. The number of pyridine rings is 1. The second-order valence-electron chi connectivity index (χ2n) is 5.68. The Labute approximate surface area is 119 Å². The lowest BCUT2D eigenvalue weighted by Gasteiger charge is -2.35. The van der Waals surface area contributed by atoms with Crippen molar-refractivity contribution < 1.29 is 4.79 Å². The van der Waals surface area contributed by atoms with E-state index in [1.807, 2.05) is 6.07 Å². The summed E-state index contributed by atoms with van der Waals surface area (Å²) in [6, 6.07) is 4.59. The Balaban J connectivity index is 1.64. The first-order valence-electron chi connectivity index (χ1n) is 7.45. The summed E-state index contributed by atoms with van der Waals surface area (Å²) >= 11 is 0. The van der Waals surface area contributed by atoms with E-state index in [9.17, 15) is 4.79 Å². The van der Waals surface area contributed by atoms with Crippen LogP contribution in [0, 0.1) is 0 Å². The number of fused-ring (bicyclic) bond motifs is 1. The van der Waals surface area contributed by atoms with Crippen LogP contribution in [0.3, 0.4) is 0 Å². The van der Waals surface area contributed by atoms with E-state index in [2.05, 4.69) is 20.5 Å². The van der Waals surface area contributed by atoms with Gasteiger partial charge in [-0.15, -0.1) is 0 Å². The molecule has 2 unspecified atom stereocenters. The van der Waals surface area contributed by atoms with E-state index in [1.165, 1.54) is 19.4 Å². The molecule has 0 aliphatic carbocycles. The quantitative estimate of drug-likeness (QED) is 0.876. The first-order valence-corrected chi connectivity index (χ1v) is 7.45. The molecule has 5 heteroatoms. The number of aromatic nitrogens is 1. The summed E-state index contributed by atoms with van der Waals surface area (Å²) in [6.07, 6.45) is 6.41. The van der Waals surface area contributed by atoms with Gasteiger partial charge in [-0.25, -0.2) is 4.98 Å². The number of anilines is 1. The van der Waals surface area contributed by atoms with Crippen LogP contribution in [0.2, 0.25) is 0 Å². The summed E-state index contributed by atoms with van der Waals surface area (Å²) < 4.78 is 0. The monoisotopic (exact) mass is 274 g/mol. The maximum atomic E-state index is 12.4. The van der Waals surface area contributed by atoms with Crippen LogP contribution in [0.25, 0.3) is 0 Å². The van der Waals surface area contributed by atoms with E-state index in [-0.39, 0.29) is 5.91 Å². The Morgan fingerprint density at radius 1 is 1.40 bits per heavy atom. The van der Waals surface area contributed by atoms with Gasteiger partial charge in [-0.1, -0.05) is 0 Å². The second kappa shape index (κ2) is 5.79. The van der Waals surface area contributed by atoms with E-state index in [1.54, 1.807) is 19.3 Å². The van der Waals surface area contributed by atoms with E-state index in [0.29, 0.717) is 23.5 Å². The predicted octanol–water partition coefficient (Wildman–Crippen LogP) is 1.48. The molecule has 2 fully saturated rings. The number of carbonyl (C=O) groups is 1. The van der Waals surface area contributed by atoms with Crippen LogP contribution in [0.15, 0.2) is 18.3 Å². The van der Waals surface area contributed by atoms with Crippen molar-refractivity contribution in [2.24, 2.45) is 0 Å². The molecule has 3 rings (SSSR count). The van der Waals surface area contributed by atoms with Crippen molar-refractivity contribution in [2.75, 3.05) is 25.5 Å². The molecule has 0 aromatic carbocycles. The van der Waals surface area contributed by atoms with Gasteiger partial charge in [0.2, 0.25) is 0 Å². The minimum absolute atomic E-state index is 0.0149. The summed E-state index contributed by atoms with van der Waals surface area (Å²) in [4.78, 5) is 19.1. The molecular formula is C15H22N4O. The normalized spacial score (nSPS) is 26.1. The summed E-state index contributed by atoms with van der Waals surface area (Å²) in [5.74, 6) is 0.627. The SMILES string of the molecule is CNc1ncccc1C(=O)NC1CCN2CCCC2C1. The summed E-state index contributed by atoms with van der Waals surface area (Å²) in [6.45, 7) is 2.35. The minimum Gasteiger partial charge on any atom is -0.372 e. The van der Waals surface area contributed by atoms with Gasteiger partial charge >= 0.3 is 0 Å². The Hall–Kier alpha value is -1.62. The number of piperidine rings is 1. The molecule has 108 valence electrons. The van der Waals surface area contributed by atoms with Crippen LogP contribution in [0.5, 0.6) is 0 Å². The molecule has 2 N–H and O–H groups in total. The van der Waals surface area contributed by atoms with Gasteiger partial charge < -0.3 is 15.5 Å². The van der Waals surface area contributed by atoms with Gasteiger partial charge in [0, 0.05) is 31.9 Å². The number of amides is 1. The van der Waals surface area contributed by atoms with Gasteiger partial charge in [0.1, 0.15) is 5.82 Å². The third-order valence-electron chi connectivity index (χ3n) is 4.44. The van der Waals surface area contributed by atoms with Crippen LogP contribution in [-0.2, 0) is 0 Å². The zero-order chi connectivity index (χ0) is 13.9. The average molecular weight is 274 g/mol. The van der Waals surface area contributed by atoms with Crippen molar-refractivity contribution in [3.05, 3.63) is 23.9 Å². The molecule has 0 radical (unpaired) electrons. The van der Waals surface area contributed by atoms with Crippen molar-refractivity contribution in [1.82, 2.24) is 15.2 Å². The zero-order valence-corrected chi connectivity index (χ0v) is 11.9. The molecule has 20 heavy (non-hydrogen) atoms. The highest BCUT2D eigenvalue weighted by atomic mass is 16.1. The number of rotatable bonds is 3. The Kier molecular flexibility index (Phi) is 3.87. The molecule has 3 heterocycles. The number of nitrogens with one attached hydrogen (secondary N) is 2. The Bertz CT molecular complexity index is 491. The third-order valence-corrected chi connectivity index (χ3v) is 4.44. The average Bonchev–Trinajstić information content (AvgIpc) is 2.94. The predicted molar refractivity (Wildman–Crippen MR) is 78.9 cm³/mol. The van der Waals surface area contributed by atoms with Crippen molar-refractivity contribution in [3.8, 4) is 0 Å². The first kappa shape index (κ1) is 13.4. The van der Waals surface area contributed by atoms with Crippen LogP contribution < -0.4 is 10.6 Å². The fraction of sp³-hybridized carbons (Fsp3) is 0.600. The fourth-order valence-corrected chi connectivity index (χ4v) is 3.41. The van der Waals surface area contributed by atoms with Gasteiger partial charge in [0.05, 0.1) is 5.56 Å². The molecule has 0 spiro atoms. The minimum atomic E-state index is -0.0149. The summed E-state index contributed by atoms with van der Waals surface area (Å²) in [5.41, 5.74) is 0.629. The molecule has 2 saturated heterocycles. The zero-order valence-electron chi connectivity index (χ0n) is 11.9. The molecule has 2 aliphatic heterocycles. The fourth-order valence-electron chi connectivity index (χ4n) is 3.41. The molecule has 1 aromatic rings. The van der Waals surface area contributed by atoms with E-state index in [4.69, 9.17) is 0 Å². The van der Waals surface area contributed by atoms with Gasteiger partial charge in [0.25, 0.3) is 5.91 Å². The van der Waals surface area contributed by atoms with Crippen molar-refractivity contribution in [2.45, 2.75) is 37.8 Å². The van der Waals surface area contributed by atoms with E-state index in [0.717, 1.165) is 19.4 Å². The van der Waals surface area contributed by atoms with Crippen LogP contribution >= 0.6 is 0 Å². The van der Waals surface area contributed by atoms with Gasteiger partial charge in [0.15, 0.2) is 0 Å². The van der Waals surface area contributed by atoms with Gasteiger partial charge in [-0.05, 0) is 44.4 Å². The number of hydrogen-bond donors (Lipinski definition) is 2. The van der Waals surface area contributed by atoms with Gasteiger partial charge in [-0.3, -0.25) is 4.79 Å². The van der Waals surface area contributed by atoms with Crippen molar-refractivity contribution in [3.63, 3.8) is 0 Å². The highest BCUT2D eigenvalue weighted by Crippen LogP contribution is 2.27. The lowest BCUT2D eigenvalue weighted by Crippen LogP contribution is -2.47. The largest absolute Gasteiger partial charge is 0.372 e. The highest BCUT2D eigenvalue weighted by molar-refractivity contribution is 5.98. The molecular weight excluding hydrogens is 252 g/mol.